The van der Waals surface area contributed by atoms with E-state index >= 15 is 0 Å². The lowest BCUT2D eigenvalue weighted by Crippen LogP contribution is -2.41. The summed E-state index contributed by atoms with van der Waals surface area (Å²) in [5, 5.41) is 4.06. The third-order valence-corrected chi connectivity index (χ3v) is 9.59. The molecule has 1 saturated heterocycles. The Hall–Kier alpha value is -5.31. The van der Waals surface area contributed by atoms with Gasteiger partial charge in [-0.05, 0) is 63.5 Å². The number of para-hydroxylation sites is 2. The molecule has 8 heteroatoms. The summed E-state index contributed by atoms with van der Waals surface area (Å²) in [5.41, 5.74) is 5.74. The van der Waals surface area contributed by atoms with Crippen LogP contribution < -0.4 is 5.46 Å². The van der Waals surface area contributed by atoms with Gasteiger partial charge in [0, 0.05) is 32.7 Å². The molecule has 5 aromatic carbocycles. The molecule has 0 bridgehead atoms. The van der Waals surface area contributed by atoms with Crippen LogP contribution in [0.5, 0.6) is 0 Å². The predicted molar refractivity (Wildman–Crippen MR) is 186 cm³/mol. The van der Waals surface area contributed by atoms with E-state index in [0.29, 0.717) is 17.5 Å². The van der Waals surface area contributed by atoms with Crippen molar-refractivity contribution < 1.29 is 18.1 Å². The zero-order chi connectivity index (χ0) is 31.9. The van der Waals surface area contributed by atoms with Crippen molar-refractivity contribution in [1.29, 1.82) is 0 Å². The lowest BCUT2D eigenvalue weighted by Gasteiger charge is -2.32. The molecule has 8 aromatic rings. The monoisotopic (exact) mass is 615 g/mol. The van der Waals surface area contributed by atoms with Crippen molar-refractivity contribution in [1.82, 2.24) is 15.0 Å². The van der Waals surface area contributed by atoms with Gasteiger partial charge in [0.15, 0.2) is 17.5 Å². The molecule has 0 radical (unpaired) electrons. The Bertz CT molecular complexity index is 2480. The molecule has 0 atom stereocenters. The highest BCUT2D eigenvalue weighted by Crippen LogP contribution is 2.39. The Balaban J connectivity index is 1.18. The normalized spacial score (nSPS) is 15.8. The maximum absolute atomic E-state index is 6.37. The van der Waals surface area contributed by atoms with Gasteiger partial charge >= 0.3 is 7.12 Å². The molecule has 1 fully saturated rings. The quantitative estimate of drug-likeness (QED) is 0.183. The number of nitrogens with zero attached hydrogens (tertiary/aromatic N) is 3. The largest absolute Gasteiger partial charge is 0.494 e. The minimum absolute atomic E-state index is 0.419. The summed E-state index contributed by atoms with van der Waals surface area (Å²) < 4.78 is 25.4. The Morgan fingerprint density at radius 1 is 0.489 bits per heavy atom. The van der Waals surface area contributed by atoms with Crippen molar-refractivity contribution in [2.75, 3.05) is 0 Å². The molecule has 1 aliphatic heterocycles. The van der Waals surface area contributed by atoms with Crippen LogP contribution in [-0.2, 0) is 9.31 Å². The number of fused-ring (bicyclic) bond motifs is 6. The molecule has 0 spiro atoms. The fourth-order valence-electron chi connectivity index (χ4n) is 6.32. The zero-order valence-corrected chi connectivity index (χ0v) is 26.4. The van der Waals surface area contributed by atoms with Gasteiger partial charge < -0.3 is 18.1 Å². The van der Waals surface area contributed by atoms with Crippen molar-refractivity contribution in [2.24, 2.45) is 0 Å². The van der Waals surface area contributed by atoms with Crippen molar-refractivity contribution >= 4 is 56.5 Å². The molecule has 47 heavy (non-hydrogen) atoms. The van der Waals surface area contributed by atoms with E-state index in [4.69, 9.17) is 33.1 Å². The van der Waals surface area contributed by atoms with Crippen LogP contribution in [0.2, 0.25) is 0 Å². The topological polar surface area (TPSA) is 83.4 Å². The molecule has 4 heterocycles. The molecule has 9 rings (SSSR count). The molecule has 0 amide bonds. The van der Waals surface area contributed by atoms with E-state index in [2.05, 4.69) is 52.0 Å². The minimum atomic E-state index is -0.454. The predicted octanol–water partition coefficient (Wildman–Crippen LogP) is 8.97. The lowest BCUT2D eigenvalue weighted by atomic mass is 9.78. The van der Waals surface area contributed by atoms with Gasteiger partial charge in [0.05, 0.1) is 16.8 Å². The van der Waals surface area contributed by atoms with Crippen LogP contribution in [0.1, 0.15) is 27.7 Å². The SMILES string of the molecule is CC1(C)OB(c2ccc3oc4cc(-c5nc(-c6ccccc6)nc(-c6cccc7c6oc6ccccc67)n5)ccc4c3c2)OC1(C)C. The summed E-state index contributed by atoms with van der Waals surface area (Å²) >= 11 is 0. The van der Waals surface area contributed by atoms with E-state index in [0.717, 1.165) is 66.0 Å². The first kappa shape index (κ1) is 28.0. The van der Waals surface area contributed by atoms with Crippen LogP contribution >= 0.6 is 0 Å². The first-order valence-corrected chi connectivity index (χ1v) is 15.8. The van der Waals surface area contributed by atoms with E-state index in [1.54, 1.807) is 0 Å². The van der Waals surface area contributed by atoms with Gasteiger partial charge in [-0.15, -0.1) is 0 Å². The number of aromatic nitrogens is 3. The van der Waals surface area contributed by atoms with E-state index in [-0.39, 0.29) is 0 Å². The molecule has 0 saturated carbocycles. The number of furan rings is 2. The van der Waals surface area contributed by atoms with Crippen LogP contribution in [0.3, 0.4) is 0 Å². The Kier molecular flexibility index (Phi) is 6.01. The van der Waals surface area contributed by atoms with Gasteiger partial charge in [0.25, 0.3) is 0 Å². The van der Waals surface area contributed by atoms with E-state index in [9.17, 15) is 0 Å². The summed E-state index contributed by atoms with van der Waals surface area (Å²) in [6.45, 7) is 8.25. The maximum Gasteiger partial charge on any atom is 0.494 e. The second kappa shape index (κ2) is 10.1. The highest BCUT2D eigenvalue weighted by molar-refractivity contribution is 6.62. The Morgan fingerprint density at radius 2 is 1.15 bits per heavy atom. The Labute approximate surface area is 271 Å². The molecule has 228 valence electrons. The average molecular weight is 615 g/mol. The van der Waals surface area contributed by atoms with Gasteiger partial charge in [-0.25, -0.2) is 15.0 Å². The van der Waals surface area contributed by atoms with E-state index in [1.165, 1.54) is 0 Å². The van der Waals surface area contributed by atoms with Gasteiger partial charge in [0.2, 0.25) is 0 Å². The molecule has 7 nitrogen and oxygen atoms in total. The van der Waals surface area contributed by atoms with Crippen molar-refractivity contribution in [3.8, 4) is 34.2 Å². The molecule has 1 aliphatic rings. The smallest absolute Gasteiger partial charge is 0.456 e. The van der Waals surface area contributed by atoms with Crippen molar-refractivity contribution in [3.63, 3.8) is 0 Å². The second-order valence-corrected chi connectivity index (χ2v) is 13.1. The molecular formula is C39H30BN3O4. The summed E-state index contributed by atoms with van der Waals surface area (Å²) in [4.78, 5) is 14.9. The summed E-state index contributed by atoms with van der Waals surface area (Å²) in [6, 6.07) is 36.3. The van der Waals surface area contributed by atoms with Gasteiger partial charge in [-0.3, -0.25) is 0 Å². The average Bonchev–Trinajstić information content (AvgIpc) is 3.72. The van der Waals surface area contributed by atoms with Crippen LogP contribution in [-0.4, -0.2) is 33.3 Å². The highest BCUT2D eigenvalue weighted by Gasteiger charge is 2.51. The first-order chi connectivity index (χ1) is 22.7. The van der Waals surface area contributed by atoms with E-state index < -0.39 is 18.3 Å². The summed E-state index contributed by atoms with van der Waals surface area (Å²) in [6.07, 6.45) is 0. The first-order valence-electron chi connectivity index (χ1n) is 15.8. The highest BCUT2D eigenvalue weighted by atomic mass is 16.7. The van der Waals surface area contributed by atoms with Gasteiger partial charge in [0.1, 0.15) is 22.3 Å². The van der Waals surface area contributed by atoms with Gasteiger partial charge in [-0.1, -0.05) is 78.9 Å². The third-order valence-electron chi connectivity index (χ3n) is 9.59. The summed E-state index contributed by atoms with van der Waals surface area (Å²) in [5.74, 6) is 1.66. The molecule has 0 aliphatic carbocycles. The van der Waals surface area contributed by atoms with Crippen molar-refractivity contribution in [2.45, 2.75) is 38.9 Å². The summed E-state index contributed by atoms with van der Waals surface area (Å²) in [7, 11) is -0.454. The molecule has 0 unspecified atom stereocenters. The van der Waals surface area contributed by atoms with Crippen molar-refractivity contribution in [3.05, 3.63) is 109 Å². The maximum atomic E-state index is 6.37. The van der Waals surface area contributed by atoms with Crippen LogP contribution in [0.4, 0.5) is 0 Å². The lowest BCUT2D eigenvalue weighted by molar-refractivity contribution is 0.00578. The fraction of sp³-hybridized carbons (Fsp3) is 0.154. The van der Waals surface area contributed by atoms with Crippen LogP contribution in [0.25, 0.3) is 78.0 Å². The fourth-order valence-corrected chi connectivity index (χ4v) is 6.32. The standard InChI is InChI=1S/C39H30BN3O4/c1-38(2)39(3,4)47-40(46-38)25-18-20-32-30(22-25)27-19-17-24(21-33(27)44-32)36-41-35(23-11-6-5-7-12-23)42-37(43-36)29-15-10-14-28-26-13-8-9-16-31(26)45-34(28)29/h5-22H,1-4H3. The minimum Gasteiger partial charge on any atom is -0.456 e. The van der Waals surface area contributed by atoms with E-state index in [1.807, 2.05) is 84.9 Å². The van der Waals surface area contributed by atoms with Crippen LogP contribution in [0, 0.1) is 0 Å². The zero-order valence-electron chi connectivity index (χ0n) is 26.4. The number of benzene rings is 5. The molecule has 0 N–H and O–H groups in total. The number of hydrogen-bond donors (Lipinski definition) is 0. The van der Waals surface area contributed by atoms with Gasteiger partial charge in [-0.2, -0.15) is 0 Å². The number of hydrogen-bond acceptors (Lipinski definition) is 7. The molecular weight excluding hydrogens is 585 g/mol. The Morgan fingerprint density at radius 3 is 1.96 bits per heavy atom. The number of rotatable bonds is 4. The second-order valence-electron chi connectivity index (χ2n) is 13.1. The van der Waals surface area contributed by atoms with Crippen LogP contribution in [0.15, 0.2) is 118 Å². The molecule has 3 aromatic heterocycles. The third kappa shape index (κ3) is 4.47.